The second-order valence-electron chi connectivity index (χ2n) is 8.95. The molecule has 38 heavy (non-hydrogen) atoms. The smallest absolute Gasteiger partial charge is 0.169 e. The third-order valence-corrected chi connectivity index (χ3v) is 8.59. The van der Waals surface area contributed by atoms with E-state index in [1.165, 1.54) is 23.1 Å². The SMILES string of the molecule is CO[C@H]1C(C(C)O)O[C@@H](c2nncn2-c2ccc3nc(C)sc3c2)C(O)C1n1cc(-c2nc(Cl)cs2)nn1. The molecule has 12 nitrogen and oxygen atoms in total. The summed E-state index contributed by atoms with van der Waals surface area (Å²) in [6.45, 7) is 3.57. The third kappa shape index (κ3) is 4.41. The minimum Gasteiger partial charge on any atom is -0.391 e. The molecule has 4 aromatic heterocycles. The van der Waals surface area contributed by atoms with E-state index < -0.39 is 36.6 Å². The number of rotatable bonds is 6. The zero-order chi connectivity index (χ0) is 26.6. The minimum absolute atomic E-state index is 0.362. The Kier molecular flexibility index (Phi) is 6.72. The number of benzene rings is 1. The number of aliphatic hydroxyl groups excluding tert-OH is 2. The first kappa shape index (κ1) is 25.4. The number of fused-ring (bicyclic) bond motifs is 1. The molecule has 1 saturated heterocycles. The maximum Gasteiger partial charge on any atom is 0.169 e. The summed E-state index contributed by atoms with van der Waals surface area (Å²) < 4.78 is 16.3. The molecule has 1 fully saturated rings. The molecule has 5 aromatic rings. The second-order valence-corrected chi connectivity index (χ2v) is 11.4. The average Bonchev–Trinajstić information content (AvgIpc) is 3.69. The number of aromatic nitrogens is 8. The lowest BCUT2D eigenvalue weighted by Gasteiger charge is -2.44. The van der Waals surface area contributed by atoms with E-state index in [0.29, 0.717) is 21.7 Å². The largest absolute Gasteiger partial charge is 0.391 e. The number of methoxy groups -OCH3 is 1. The Balaban J connectivity index is 1.40. The molecule has 5 heterocycles. The van der Waals surface area contributed by atoms with Gasteiger partial charge in [-0.05, 0) is 32.0 Å². The van der Waals surface area contributed by atoms with Crippen LogP contribution in [-0.4, -0.2) is 81.5 Å². The third-order valence-electron chi connectivity index (χ3n) is 6.47. The van der Waals surface area contributed by atoms with Gasteiger partial charge >= 0.3 is 0 Å². The maximum absolute atomic E-state index is 11.7. The number of aliphatic hydroxyl groups is 2. The van der Waals surface area contributed by atoms with Crippen molar-refractivity contribution in [1.29, 1.82) is 0 Å². The number of thiazole rings is 2. The highest BCUT2D eigenvalue weighted by Crippen LogP contribution is 2.41. The van der Waals surface area contributed by atoms with Gasteiger partial charge in [-0.25, -0.2) is 14.6 Å². The Labute approximate surface area is 229 Å². The lowest BCUT2D eigenvalue weighted by molar-refractivity contribution is -0.231. The lowest BCUT2D eigenvalue weighted by Crippen LogP contribution is -2.56. The quantitative estimate of drug-likeness (QED) is 0.310. The number of nitrogens with zero attached hydrogens (tertiary/aromatic N) is 8. The standard InChI is InChI=1S/C23H23ClN8O4S2/c1-10(33)19-20(35-3)17(32-7-14(28-30-32)23-27-16(24)8-37-23)18(34)21(36-19)22-29-25-9-31(22)12-4-5-13-15(6-12)38-11(2)26-13/h4-10,17-21,33-34H,1-3H3/t10?,17?,18?,19?,20-,21-/m1/s1. The van der Waals surface area contributed by atoms with Crippen LogP contribution in [0.2, 0.25) is 5.15 Å². The van der Waals surface area contributed by atoms with Crippen LogP contribution in [0.25, 0.3) is 26.6 Å². The summed E-state index contributed by atoms with van der Waals surface area (Å²) in [5, 5.41) is 42.8. The van der Waals surface area contributed by atoms with Gasteiger partial charge in [-0.15, -0.1) is 38.0 Å². The van der Waals surface area contributed by atoms with Gasteiger partial charge in [0.15, 0.2) is 5.82 Å². The molecular formula is C23H23ClN8O4S2. The van der Waals surface area contributed by atoms with Crippen molar-refractivity contribution < 1.29 is 19.7 Å². The van der Waals surface area contributed by atoms with Crippen LogP contribution < -0.4 is 0 Å². The summed E-state index contributed by atoms with van der Waals surface area (Å²) in [6, 6.07) is 5.06. The average molecular weight is 575 g/mol. The summed E-state index contributed by atoms with van der Waals surface area (Å²) in [7, 11) is 1.50. The predicted molar refractivity (Wildman–Crippen MR) is 141 cm³/mol. The first-order chi connectivity index (χ1) is 18.3. The molecule has 0 aliphatic carbocycles. The van der Waals surface area contributed by atoms with E-state index in [1.807, 2.05) is 25.1 Å². The van der Waals surface area contributed by atoms with Crippen LogP contribution in [0.1, 0.15) is 29.9 Å². The monoisotopic (exact) mass is 574 g/mol. The van der Waals surface area contributed by atoms with Gasteiger partial charge in [-0.1, -0.05) is 16.8 Å². The highest BCUT2D eigenvalue weighted by molar-refractivity contribution is 7.18. The van der Waals surface area contributed by atoms with Crippen molar-refractivity contribution >= 4 is 44.5 Å². The van der Waals surface area contributed by atoms with Gasteiger partial charge in [-0.3, -0.25) is 4.57 Å². The molecule has 198 valence electrons. The summed E-state index contributed by atoms with van der Waals surface area (Å²) in [4.78, 5) is 8.77. The Morgan fingerprint density at radius 1 is 1.24 bits per heavy atom. The topological polar surface area (TPSA) is 146 Å². The number of aryl methyl sites for hydroxylation is 1. The molecule has 0 spiro atoms. The van der Waals surface area contributed by atoms with E-state index in [0.717, 1.165) is 20.9 Å². The van der Waals surface area contributed by atoms with Gasteiger partial charge in [0.25, 0.3) is 0 Å². The van der Waals surface area contributed by atoms with Gasteiger partial charge in [0.1, 0.15) is 52.6 Å². The molecule has 2 N–H and O–H groups in total. The molecule has 0 saturated carbocycles. The van der Waals surface area contributed by atoms with Crippen LogP contribution in [0.15, 0.2) is 36.1 Å². The van der Waals surface area contributed by atoms with Crippen LogP contribution in [0.5, 0.6) is 0 Å². The molecule has 0 amide bonds. The van der Waals surface area contributed by atoms with Crippen LogP contribution in [0, 0.1) is 6.92 Å². The van der Waals surface area contributed by atoms with E-state index in [9.17, 15) is 10.2 Å². The fourth-order valence-electron chi connectivity index (χ4n) is 4.78. The Hall–Kier alpha value is -2.85. The molecule has 15 heteroatoms. The zero-order valence-corrected chi connectivity index (χ0v) is 22.8. The van der Waals surface area contributed by atoms with E-state index >= 15 is 0 Å². The van der Waals surface area contributed by atoms with E-state index in [1.54, 1.807) is 40.7 Å². The molecule has 0 radical (unpaired) electrons. The summed E-state index contributed by atoms with van der Waals surface area (Å²) in [6.07, 6.45) is -1.39. The van der Waals surface area contributed by atoms with E-state index in [2.05, 4.69) is 30.5 Å². The number of hydrogen-bond acceptors (Lipinski definition) is 12. The molecule has 6 atom stereocenters. The van der Waals surface area contributed by atoms with Crippen molar-refractivity contribution in [3.05, 3.63) is 52.1 Å². The van der Waals surface area contributed by atoms with Gasteiger partial charge in [0.2, 0.25) is 0 Å². The number of halogens is 1. The second kappa shape index (κ2) is 10.0. The van der Waals surface area contributed by atoms with Crippen molar-refractivity contribution in [1.82, 2.24) is 39.7 Å². The first-order valence-electron chi connectivity index (χ1n) is 11.7. The first-order valence-corrected chi connectivity index (χ1v) is 13.8. The van der Waals surface area contributed by atoms with Crippen molar-refractivity contribution in [2.75, 3.05) is 7.11 Å². The highest BCUT2D eigenvalue weighted by Gasteiger charge is 2.50. The van der Waals surface area contributed by atoms with Crippen LogP contribution in [-0.2, 0) is 9.47 Å². The highest BCUT2D eigenvalue weighted by atomic mass is 35.5. The molecule has 6 rings (SSSR count). The Bertz CT molecular complexity index is 1580. The predicted octanol–water partition coefficient (Wildman–Crippen LogP) is 2.99. The molecule has 1 aromatic carbocycles. The number of ether oxygens (including phenoxy) is 2. The molecule has 0 bridgehead atoms. The van der Waals surface area contributed by atoms with Crippen LogP contribution >= 0.6 is 34.3 Å². The van der Waals surface area contributed by atoms with Gasteiger partial charge < -0.3 is 19.7 Å². The van der Waals surface area contributed by atoms with Crippen LogP contribution in [0.3, 0.4) is 0 Å². The lowest BCUT2D eigenvalue weighted by atomic mass is 9.89. The summed E-state index contributed by atoms with van der Waals surface area (Å²) in [5.41, 5.74) is 2.19. The Morgan fingerprint density at radius 2 is 2.08 bits per heavy atom. The summed E-state index contributed by atoms with van der Waals surface area (Å²) in [5.74, 6) is 0.371. The Morgan fingerprint density at radius 3 is 2.82 bits per heavy atom. The fourth-order valence-corrected chi connectivity index (χ4v) is 6.54. The zero-order valence-electron chi connectivity index (χ0n) is 20.4. The fraction of sp³-hybridized carbons (Fsp3) is 0.391. The van der Waals surface area contributed by atoms with Crippen molar-refractivity contribution in [3.63, 3.8) is 0 Å². The van der Waals surface area contributed by atoms with Crippen molar-refractivity contribution in [2.24, 2.45) is 0 Å². The van der Waals surface area contributed by atoms with Gasteiger partial charge in [0, 0.05) is 18.2 Å². The van der Waals surface area contributed by atoms with Crippen molar-refractivity contribution in [3.8, 4) is 16.4 Å². The normalized spacial score (nSPS) is 24.7. The molecular weight excluding hydrogens is 552 g/mol. The van der Waals surface area contributed by atoms with Gasteiger partial charge in [0.05, 0.1) is 27.5 Å². The molecule has 1 aliphatic rings. The molecule has 4 unspecified atom stereocenters. The summed E-state index contributed by atoms with van der Waals surface area (Å²) >= 11 is 8.90. The molecule has 1 aliphatic heterocycles. The minimum atomic E-state index is -1.18. The van der Waals surface area contributed by atoms with Crippen LogP contribution in [0.4, 0.5) is 0 Å². The van der Waals surface area contributed by atoms with E-state index in [-0.39, 0.29) is 0 Å². The van der Waals surface area contributed by atoms with E-state index in [4.69, 9.17) is 21.1 Å². The van der Waals surface area contributed by atoms with Crippen molar-refractivity contribution in [2.45, 2.75) is 50.4 Å². The maximum atomic E-state index is 11.7. The number of hydrogen-bond donors (Lipinski definition) is 2. The van der Waals surface area contributed by atoms with Gasteiger partial charge in [-0.2, -0.15) is 0 Å².